The van der Waals surface area contributed by atoms with Crippen molar-refractivity contribution in [3.63, 3.8) is 0 Å². The maximum absolute atomic E-state index is 13.5. The zero-order valence-corrected chi connectivity index (χ0v) is 26.2. The van der Waals surface area contributed by atoms with Gasteiger partial charge in [-0.25, -0.2) is 0 Å². The zero-order chi connectivity index (χ0) is 28.1. The van der Waals surface area contributed by atoms with Crippen LogP contribution < -0.4 is 4.74 Å². The van der Waals surface area contributed by atoms with Crippen molar-refractivity contribution in [3.05, 3.63) is 42.0 Å². The summed E-state index contributed by atoms with van der Waals surface area (Å²) in [4.78, 5) is 13.5. The van der Waals surface area contributed by atoms with Gasteiger partial charge in [-0.2, -0.15) is 0 Å². The van der Waals surface area contributed by atoms with Crippen LogP contribution in [-0.2, 0) is 4.79 Å². The van der Waals surface area contributed by atoms with Crippen LogP contribution in [0.4, 0.5) is 0 Å². The molecule has 2 heteroatoms. The van der Waals surface area contributed by atoms with E-state index in [9.17, 15) is 4.79 Å². The summed E-state index contributed by atoms with van der Waals surface area (Å²) >= 11 is 0. The topological polar surface area (TPSA) is 26.3 Å². The molecule has 0 heterocycles. The fourth-order valence-electron chi connectivity index (χ4n) is 11.6. The lowest BCUT2D eigenvalue weighted by molar-refractivity contribution is -0.197. The molecule has 214 valence electrons. The number of ether oxygens (including phenoxy) is 1. The van der Waals surface area contributed by atoms with Crippen LogP contribution in [0.5, 0.6) is 5.75 Å². The van der Waals surface area contributed by atoms with Crippen LogP contribution in [0.1, 0.15) is 120 Å². The summed E-state index contributed by atoms with van der Waals surface area (Å²) in [5.41, 5.74) is 3.63. The van der Waals surface area contributed by atoms with Crippen molar-refractivity contribution in [2.24, 2.45) is 56.2 Å². The Kier molecular flexibility index (Phi) is 6.17. The van der Waals surface area contributed by atoms with E-state index in [-0.39, 0.29) is 22.7 Å². The molecule has 1 unspecified atom stereocenters. The second-order valence-corrected chi connectivity index (χ2v) is 17.0. The summed E-state index contributed by atoms with van der Waals surface area (Å²) in [6.07, 6.45) is 15.5. The average Bonchev–Trinajstić information content (AvgIpc) is 2.85. The molecule has 0 spiro atoms. The van der Waals surface area contributed by atoms with E-state index < -0.39 is 0 Å². The number of hydrogen-bond donors (Lipinski definition) is 0. The molecule has 5 aliphatic rings. The van der Waals surface area contributed by atoms with E-state index in [1.54, 1.807) is 0 Å². The first-order valence-corrected chi connectivity index (χ1v) is 16.1. The highest BCUT2D eigenvalue weighted by Crippen LogP contribution is 2.76. The Balaban J connectivity index is 1.31. The third-order valence-corrected chi connectivity index (χ3v) is 14.3. The first kappa shape index (κ1) is 27.6. The van der Waals surface area contributed by atoms with Gasteiger partial charge in [0.15, 0.2) is 0 Å². The molecule has 0 aliphatic heterocycles. The van der Waals surface area contributed by atoms with Gasteiger partial charge in [-0.05, 0) is 127 Å². The number of para-hydroxylation sites is 1. The molecule has 0 amide bonds. The van der Waals surface area contributed by atoms with Crippen molar-refractivity contribution in [1.82, 2.24) is 0 Å². The fraction of sp³-hybridized carbons (Fsp3) is 0.757. The lowest BCUT2D eigenvalue weighted by Gasteiger charge is -2.71. The number of rotatable bonds is 2. The Hall–Kier alpha value is -1.57. The quantitative estimate of drug-likeness (QED) is 0.216. The van der Waals surface area contributed by atoms with Crippen molar-refractivity contribution < 1.29 is 9.53 Å². The maximum Gasteiger partial charge on any atom is 0.314 e. The predicted molar refractivity (Wildman–Crippen MR) is 160 cm³/mol. The van der Waals surface area contributed by atoms with Gasteiger partial charge in [0, 0.05) is 0 Å². The Morgan fingerprint density at radius 1 is 0.795 bits per heavy atom. The summed E-state index contributed by atoms with van der Waals surface area (Å²) in [7, 11) is 0. The van der Waals surface area contributed by atoms with Gasteiger partial charge < -0.3 is 4.74 Å². The Bertz CT molecular complexity index is 1160. The Labute approximate surface area is 238 Å². The third kappa shape index (κ3) is 3.89. The largest absolute Gasteiger partial charge is 0.426 e. The highest BCUT2D eigenvalue weighted by atomic mass is 16.5. The van der Waals surface area contributed by atoms with Crippen molar-refractivity contribution in [1.29, 1.82) is 0 Å². The zero-order valence-electron chi connectivity index (χ0n) is 26.2. The van der Waals surface area contributed by atoms with Gasteiger partial charge in [0.1, 0.15) is 5.75 Å². The number of carbonyl (C=O) groups excluding carboxylic acids is 1. The van der Waals surface area contributed by atoms with Crippen LogP contribution >= 0.6 is 0 Å². The summed E-state index contributed by atoms with van der Waals surface area (Å²) in [6.45, 7) is 20.4. The second-order valence-electron chi connectivity index (χ2n) is 17.0. The van der Waals surface area contributed by atoms with Gasteiger partial charge in [-0.15, -0.1) is 0 Å². The molecule has 0 N–H and O–H groups in total. The van der Waals surface area contributed by atoms with Gasteiger partial charge in [0.25, 0.3) is 0 Å². The molecule has 6 rings (SSSR count). The minimum atomic E-state index is -0.0659. The maximum atomic E-state index is 13.5. The molecule has 0 aromatic heterocycles. The summed E-state index contributed by atoms with van der Waals surface area (Å²) < 4.78 is 5.94. The Morgan fingerprint density at radius 2 is 1.49 bits per heavy atom. The molecule has 1 aromatic carbocycles. The van der Waals surface area contributed by atoms with E-state index in [1.807, 2.05) is 35.9 Å². The highest BCUT2D eigenvalue weighted by molar-refractivity contribution is 5.76. The number of fused-ring (bicyclic) bond motifs is 7. The van der Waals surface area contributed by atoms with Crippen LogP contribution in [0.2, 0.25) is 0 Å². The van der Waals surface area contributed by atoms with E-state index in [2.05, 4.69) is 61.5 Å². The third-order valence-electron chi connectivity index (χ3n) is 14.3. The Morgan fingerprint density at radius 3 is 2.21 bits per heavy atom. The molecule has 0 bridgehead atoms. The molecular weight excluding hydrogens is 476 g/mol. The predicted octanol–water partition coefficient (Wildman–Crippen LogP) is 10.0. The second kappa shape index (κ2) is 8.72. The van der Waals surface area contributed by atoms with E-state index >= 15 is 0 Å². The molecule has 4 fully saturated rings. The lowest BCUT2D eigenvalue weighted by Crippen LogP contribution is -2.64. The van der Waals surface area contributed by atoms with Crippen LogP contribution in [-0.4, -0.2) is 5.97 Å². The summed E-state index contributed by atoms with van der Waals surface area (Å²) in [5.74, 6) is 2.60. The number of benzene rings is 1. The lowest BCUT2D eigenvalue weighted by atomic mass is 9.33. The number of esters is 1. The number of hydrogen-bond acceptors (Lipinski definition) is 2. The van der Waals surface area contributed by atoms with Gasteiger partial charge >= 0.3 is 5.97 Å². The molecule has 39 heavy (non-hydrogen) atoms. The molecule has 5 aliphatic carbocycles. The van der Waals surface area contributed by atoms with Crippen molar-refractivity contribution in [2.75, 3.05) is 0 Å². The standard InChI is InChI=1S/C37H54O2/c1-32(2)20-21-34(5)22-23-36(7)26(28(34)24-32)14-15-30-35(6)18-16-27(31(38)39-25-12-10-9-11-13-25)33(3,4)29(35)17-19-37(30,36)8/h9-14,27-30H,15-24H2,1-8H3/t27-,28+,29+,30?,34+,35+,36-,37-/m0/s1. The molecule has 0 saturated heterocycles. The van der Waals surface area contributed by atoms with Crippen LogP contribution in [0.25, 0.3) is 0 Å². The number of carbonyl (C=O) groups is 1. The smallest absolute Gasteiger partial charge is 0.314 e. The highest BCUT2D eigenvalue weighted by Gasteiger charge is 2.68. The fourth-order valence-corrected chi connectivity index (χ4v) is 11.6. The molecule has 1 aromatic rings. The van der Waals surface area contributed by atoms with E-state index in [1.165, 1.54) is 51.4 Å². The SMILES string of the molecule is CC1(C)CC[C@]2(C)CC[C@@]3(C)C(=CCC4[C@]5(C)CC[C@@H](C(=O)Oc6ccccc6)C(C)(C)[C@H]5CC[C@@]43C)[C@H]2C1. The van der Waals surface area contributed by atoms with Crippen molar-refractivity contribution >= 4 is 5.97 Å². The molecule has 2 nitrogen and oxygen atoms in total. The molecule has 8 atom stereocenters. The van der Waals surface area contributed by atoms with E-state index in [0.29, 0.717) is 39.2 Å². The van der Waals surface area contributed by atoms with Crippen molar-refractivity contribution in [2.45, 2.75) is 120 Å². The molecular formula is C37H54O2. The normalized spacial score (nSPS) is 46.0. The summed E-state index contributed by atoms with van der Waals surface area (Å²) in [5, 5.41) is 0. The van der Waals surface area contributed by atoms with Gasteiger partial charge in [0.05, 0.1) is 5.92 Å². The van der Waals surface area contributed by atoms with Crippen LogP contribution in [0, 0.1) is 56.2 Å². The van der Waals surface area contributed by atoms with Gasteiger partial charge in [-0.3, -0.25) is 4.79 Å². The minimum Gasteiger partial charge on any atom is -0.426 e. The average molecular weight is 531 g/mol. The molecule has 4 saturated carbocycles. The van der Waals surface area contributed by atoms with Crippen LogP contribution in [0.3, 0.4) is 0 Å². The van der Waals surface area contributed by atoms with Gasteiger partial charge in [-0.1, -0.05) is 85.2 Å². The monoisotopic (exact) mass is 530 g/mol. The van der Waals surface area contributed by atoms with Crippen LogP contribution in [0.15, 0.2) is 42.0 Å². The minimum absolute atomic E-state index is 0.0224. The first-order chi connectivity index (χ1) is 18.2. The van der Waals surface area contributed by atoms with E-state index in [0.717, 1.165) is 18.8 Å². The van der Waals surface area contributed by atoms with Crippen molar-refractivity contribution in [3.8, 4) is 5.75 Å². The number of allylic oxidation sites excluding steroid dienone is 2. The van der Waals surface area contributed by atoms with Gasteiger partial charge in [0.2, 0.25) is 0 Å². The summed E-state index contributed by atoms with van der Waals surface area (Å²) in [6, 6.07) is 9.67. The first-order valence-electron chi connectivity index (χ1n) is 16.1. The van der Waals surface area contributed by atoms with E-state index in [4.69, 9.17) is 4.74 Å². The molecule has 0 radical (unpaired) electrons.